The standard InChI is InChI=1S/2C18H36O2.C3H7.O.Ti/c2*1-2-3-4-5-6-7-8-9-10-11-12-13-14-15-16-17-18(19)20;1-3-2;;/h2*2-17H2,1H3,(H,19,20);3H,1-2H3;;/q;;;;+2/p-2. The summed E-state index contributed by atoms with van der Waals surface area (Å²) in [5.41, 5.74) is 0. The molecule has 0 aromatic carbocycles. The van der Waals surface area contributed by atoms with Crippen molar-refractivity contribution in [3.05, 3.63) is 0 Å². The van der Waals surface area contributed by atoms with Crippen LogP contribution < -0.4 is 0 Å². The molecule has 0 amide bonds. The van der Waals surface area contributed by atoms with Gasteiger partial charge in [-0.05, 0) is 0 Å². The Balaban J connectivity index is 3.77. The van der Waals surface area contributed by atoms with E-state index in [0.29, 0.717) is 0 Å². The molecule has 0 aliphatic rings. The molecule has 0 saturated carbocycles. The minimum atomic E-state index is -4.71. The van der Waals surface area contributed by atoms with Crippen molar-refractivity contribution in [1.29, 1.82) is 0 Å². The number of carbonyl (C=O) groups is 2. The third-order valence-corrected chi connectivity index (χ3v) is 13.0. The average molecular weight is 674 g/mol. The van der Waals surface area contributed by atoms with Crippen LogP contribution in [0.1, 0.15) is 233 Å². The van der Waals surface area contributed by atoms with Crippen LogP contribution in [-0.2, 0) is 36.9 Å². The van der Waals surface area contributed by atoms with E-state index in [-0.39, 0.29) is 12.8 Å². The molecule has 0 heterocycles. The Hall–Kier alpha value is -0.546. The van der Waals surface area contributed by atoms with Crippen molar-refractivity contribution >= 4 is 11.9 Å². The van der Waals surface area contributed by atoms with E-state index in [4.69, 9.17) is 6.64 Å². The summed E-state index contributed by atoms with van der Waals surface area (Å²) in [5, 5.41) is 0. The van der Waals surface area contributed by atoms with Crippen molar-refractivity contribution in [2.24, 2.45) is 0 Å². The Labute approximate surface area is 285 Å². The van der Waals surface area contributed by atoms with Crippen LogP contribution in [0.2, 0.25) is 4.22 Å². The molecule has 0 aliphatic heterocycles. The Kier molecular flexibility index (Phi) is 33.0. The van der Waals surface area contributed by atoms with E-state index in [9.17, 15) is 12.9 Å². The van der Waals surface area contributed by atoms with E-state index < -0.39 is 33.5 Å². The zero-order valence-electron chi connectivity index (χ0n) is 30.7. The molecule has 0 aliphatic carbocycles. The summed E-state index contributed by atoms with van der Waals surface area (Å²) in [4.78, 5) is 24.8. The van der Waals surface area contributed by atoms with E-state index >= 15 is 0 Å². The fourth-order valence-corrected chi connectivity index (χ4v) is 8.07. The maximum atomic E-state index is 13.2. The fourth-order valence-electron chi connectivity index (χ4n) is 5.96. The third kappa shape index (κ3) is 30.5. The van der Waals surface area contributed by atoms with Crippen LogP contribution in [0.3, 0.4) is 0 Å². The molecule has 0 atom stereocenters. The molecule has 0 radical (unpaired) electrons. The van der Waals surface area contributed by atoms with Crippen molar-refractivity contribution < 1.29 is 36.9 Å². The predicted octanol–water partition coefficient (Wildman–Crippen LogP) is 13.8. The predicted molar refractivity (Wildman–Crippen MR) is 187 cm³/mol. The summed E-state index contributed by atoms with van der Waals surface area (Å²) >= 11 is -4.71. The normalized spacial score (nSPS) is 11.8. The van der Waals surface area contributed by atoms with Crippen LogP contribution in [0, 0.1) is 0 Å². The second kappa shape index (κ2) is 33.4. The van der Waals surface area contributed by atoms with Gasteiger partial charge in [-0.1, -0.05) is 90.9 Å². The zero-order chi connectivity index (χ0) is 33.3. The van der Waals surface area contributed by atoms with E-state index in [2.05, 4.69) is 13.8 Å². The monoisotopic (exact) mass is 674 g/mol. The zero-order valence-corrected chi connectivity index (χ0v) is 32.3. The van der Waals surface area contributed by atoms with Gasteiger partial charge in [0.05, 0.1) is 0 Å². The quantitative estimate of drug-likeness (QED) is 0.0495. The number of hydrogen-bond acceptors (Lipinski definition) is 5. The molecule has 0 saturated heterocycles. The third-order valence-electron chi connectivity index (χ3n) is 9.19. The van der Waals surface area contributed by atoms with Gasteiger partial charge in [0.2, 0.25) is 0 Å². The minimum absolute atomic E-state index is 0.247. The molecular formula is C39H77O5Ti. The van der Waals surface area contributed by atoms with Gasteiger partial charge in [-0.25, -0.2) is 0 Å². The number of hydrogen-bond donors (Lipinski definition) is 0. The van der Waals surface area contributed by atoms with Crippen molar-refractivity contribution in [2.75, 3.05) is 0 Å². The van der Waals surface area contributed by atoms with Crippen LogP contribution >= 0.6 is 0 Å². The van der Waals surface area contributed by atoms with Gasteiger partial charge in [-0.15, -0.1) is 0 Å². The second-order valence-corrected chi connectivity index (χ2v) is 18.4. The molecule has 45 heavy (non-hydrogen) atoms. The Morgan fingerprint density at radius 3 is 0.800 bits per heavy atom. The molecule has 0 unspecified atom stereocenters. The van der Waals surface area contributed by atoms with Gasteiger partial charge in [0.25, 0.3) is 0 Å². The molecule has 6 heteroatoms. The van der Waals surface area contributed by atoms with Gasteiger partial charge < -0.3 is 0 Å². The van der Waals surface area contributed by atoms with Crippen LogP contribution in [0.15, 0.2) is 0 Å². The molecular weight excluding hydrogens is 596 g/mol. The topological polar surface area (TPSA) is 69.7 Å². The first-order valence-corrected chi connectivity index (χ1v) is 22.8. The average Bonchev–Trinajstić information content (AvgIpc) is 3.00. The molecule has 0 spiro atoms. The summed E-state index contributed by atoms with van der Waals surface area (Å²) in [5.74, 6) is -0.957. The molecule has 0 rings (SSSR count). The summed E-state index contributed by atoms with van der Waals surface area (Å²) in [7, 11) is 0. The SMILES string of the molecule is CCCCCCCCCCCCCCCCCC(=O)[O][Ti](=[O])([O]C(=O)CCCCCCCCCCCCCCCCC)[CH](C)C. The number of carbonyl (C=O) groups excluding carboxylic acids is 2. The van der Waals surface area contributed by atoms with Crippen LogP contribution in [0.5, 0.6) is 0 Å². The molecule has 0 aromatic heterocycles. The van der Waals surface area contributed by atoms with Gasteiger partial charge in [0, 0.05) is 0 Å². The first-order chi connectivity index (χ1) is 21.9. The Morgan fingerprint density at radius 1 is 0.400 bits per heavy atom. The molecule has 5 nitrogen and oxygen atoms in total. The summed E-state index contributed by atoms with van der Waals surface area (Å²) in [6, 6.07) is 0. The van der Waals surface area contributed by atoms with Crippen molar-refractivity contribution in [1.82, 2.24) is 0 Å². The van der Waals surface area contributed by atoms with Gasteiger partial charge in [-0.3, -0.25) is 0 Å². The van der Waals surface area contributed by atoms with Gasteiger partial charge >= 0.3 is 195 Å². The molecule has 267 valence electrons. The first kappa shape index (κ1) is 44.5. The number of unbranched alkanes of at least 4 members (excludes halogenated alkanes) is 28. The Morgan fingerprint density at radius 2 is 0.600 bits per heavy atom. The van der Waals surface area contributed by atoms with Crippen molar-refractivity contribution in [2.45, 2.75) is 237 Å². The molecule has 0 aromatic rings. The second-order valence-electron chi connectivity index (χ2n) is 14.1. The van der Waals surface area contributed by atoms with Crippen molar-refractivity contribution in [3.8, 4) is 0 Å². The molecule has 0 fully saturated rings. The fraction of sp³-hybridized carbons (Fsp3) is 0.949. The molecule has 0 bridgehead atoms. The summed E-state index contributed by atoms with van der Waals surface area (Å²) < 4.78 is 23.5. The Bertz CT molecular complexity index is 656. The van der Waals surface area contributed by atoms with Gasteiger partial charge in [0.15, 0.2) is 0 Å². The van der Waals surface area contributed by atoms with E-state index in [1.807, 2.05) is 0 Å². The number of rotatable bonds is 35. The summed E-state index contributed by atoms with van der Waals surface area (Å²) in [6.45, 7) is 7.97. The van der Waals surface area contributed by atoms with E-state index in [1.54, 1.807) is 13.8 Å². The molecule has 0 N–H and O–H groups in total. The van der Waals surface area contributed by atoms with Gasteiger partial charge in [0.1, 0.15) is 0 Å². The van der Waals surface area contributed by atoms with Gasteiger partial charge in [-0.2, -0.15) is 0 Å². The van der Waals surface area contributed by atoms with Crippen LogP contribution in [0.25, 0.3) is 0 Å². The van der Waals surface area contributed by atoms with Crippen molar-refractivity contribution in [3.63, 3.8) is 0 Å². The summed E-state index contributed by atoms with van der Waals surface area (Å²) in [6.07, 6.45) is 38.5. The first-order valence-electron chi connectivity index (χ1n) is 20.0. The van der Waals surface area contributed by atoms with E-state index in [0.717, 1.165) is 38.5 Å². The van der Waals surface area contributed by atoms with Crippen LogP contribution in [-0.4, -0.2) is 11.9 Å². The van der Waals surface area contributed by atoms with E-state index in [1.165, 1.54) is 154 Å². The maximum absolute atomic E-state index is 13.2. The van der Waals surface area contributed by atoms with Crippen LogP contribution in [0.4, 0.5) is 0 Å².